The molecule has 2 aliphatic heterocycles. The van der Waals surface area contributed by atoms with Crippen LogP contribution < -0.4 is 0 Å². The molecule has 0 aliphatic carbocycles. The topological polar surface area (TPSA) is 130 Å². The molecule has 302 valence electrons. The molecule has 2 aliphatic rings. The monoisotopic (exact) mass is 754 g/mol. The standard InChI is InChI=1S/C44H66O10/c1-27-18-30(20-32(36(27)47)40(4,5)6)14-16-34(45)49-22-42(10,11)38-51-24-44(25-52-38)26-53-39(54-29(44)3)43(12,13)23-50-35(46)17-15-31-19-28(2)37(48)33(21-31)41(7,8)9/h18-21,29,38-39,47-48H,14-17,22-26H2,1-13H3. The highest BCUT2D eigenvalue weighted by molar-refractivity contribution is 5.70. The Morgan fingerprint density at radius 3 is 1.43 bits per heavy atom. The molecule has 0 aromatic heterocycles. The van der Waals surface area contributed by atoms with Crippen molar-refractivity contribution in [1.29, 1.82) is 0 Å². The minimum Gasteiger partial charge on any atom is -0.507 e. The van der Waals surface area contributed by atoms with Crippen LogP contribution in [0.25, 0.3) is 0 Å². The molecule has 2 N–H and O–H groups in total. The summed E-state index contributed by atoms with van der Waals surface area (Å²) in [5.74, 6) is -0.00230. The summed E-state index contributed by atoms with van der Waals surface area (Å²) < 4.78 is 36.6. The zero-order chi connectivity index (χ0) is 40.4. The molecule has 10 heteroatoms. The minimum absolute atomic E-state index is 0.132. The van der Waals surface area contributed by atoms with E-state index in [2.05, 4.69) is 41.5 Å². The molecule has 10 nitrogen and oxygen atoms in total. The summed E-state index contributed by atoms with van der Waals surface area (Å²) in [6.07, 6.45) is 0.0266. The van der Waals surface area contributed by atoms with Crippen LogP contribution in [-0.2, 0) is 61.7 Å². The number of aryl methyl sites for hydroxylation is 4. The van der Waals surface area contributed by atoms with Gasteiger partial charge in [0.25, 0.3) is 0 Å². The number of rotatable bonds is 12. The van der Waals surface area contributed by atoms with Crippen LogP contribution in [0.15, 0.2) is 24.3 Å². The van der Waals surface area contributed by atoms with Crippen LogP contribution >= 0.6 is 0 Å². The number of carbonyl (C=O) groups is 2. The molecule has 0 radical (unpaired) electrons. The van der Waals surface area contributed by atoms with E-state index >= 15 is 0 Å². The Bertz CT molecular complexity index is 1630. The third-order valence-electron chi connectivity index (χ3n) is 10.8. The van der Waals surface area contributed by atoms with Crippen LogP contribution in [0.1, 0.15) is 122 Å². The van der Waals surface area contributed by atoms with E-state index in [1.54, 1.807) is 0 Å². The molecule has 4 rings (SSSR count). The van der Waals surface area contributed by atoms with Crippen molar-refractivity contribution in [1.82, 2.24) is 0 Å². The van der Waals surface area contributed by atoms with Crippen LogP contribution in [0.2, 0.25) is 0 Å². The SMILES string of the molecule is Cc1cc(CCC(=O)OCC(C)(C)C2OCC3(CO2)COC(C(C)(C)COC(=O)CCc2cc(C)c(O)c(C(C)(C)C)c2)OC3C)cc(C(C)(C)C)c1O. The summed E-state index contributed by atoms with van der Waals surface area (Å²) in [5.41, 5.74) is 3.12. The lowest BCUT2D eigenvalue weighted by atomic mass is 9.81. The summed E-state index contributed by atoms with van der Waals surface area (Å²) in [7, 11) is 0. The van der Waals surface area contributed by atoms with Gasteiger partial charge >= 0.3 is 11.9 Å². The summed E-state index contributed by atoms with van der Waals surface area (Å²) >= 11 is 0. The Balaban J connectivity index is 1.22. The van der Waals surface area contributed by atoms with Crippen molar-refractivity contribution in [3.05, 3.63) is 57.6 Å². The van der Waals surface area contributed by atoms with Gasteiger partial charge in [-0.1, -0.05) is 93.5 Å². The first-order chi connectivity index (χ1) is 24.8. The lowest BCUT2D eigenvalue weighted by Crippen LogP contribution is -2.60. The van der Waals surface area contributed by atoms with Gasteiger partial charge in [-0.3, -0.25) is 9.59 Å². The van der Waals surface area contributed by atoms with Crippen molar-refractivity contribution in [2.45, 2.75) is 145 Å². The van der Waals surface area contributed by atoms with Crippen LogP contribution in [0.4, 0.5) is 0 Å². The molecular weight excluding hydrogens is 688 g/mol. The second kappa shape index (κ2) is 16.5. The predicted molar refractivity (Wildman–Crippen MR) is 208 cm³/mol. The largest absolute Gasteiger partial charge is 0.507 e. The Morgan fingerprint density at radius 1 is 0.667 bits per heavy atom. The fourth-order valence-corrected chi connectivity index (χ4v) is 6.93. The van der Waals surface area contributed by atoms with Gasteiger partial charge in [0.1, 0.15) is 24.7 Å². The van der Waals surface area contributed by atoms with Gasteiger partial charge in [-0.05, 0) is 77.8 Å². The lowest BCUT2D eigenvalue weighted by molar-refractivity contribution is -0.356. The highest BCUT2D eigenvalue weighted by Gasteiger charge is 2.52. The fraction of sp³-hybridized carbons (Fsp3) is 0.682. The Kier molecular flexibility index (Phi) is 13.3. The molecule has 2 aromatic rings. The van der Waals surface area contributed by atoms with Crippen LogP contribution in [0.3, 0.4) is 0 Å². The zero-order valence-electron chi connectivity index (χ0n) is 35.1. The van der Waals surface area contributed by atoms with Gasteiger partial charge in [0.15, 0.2) is 12.6 Å². The van der Waals surface area contributed by atoms with Gasteiger partial charge in [0.2, 0.25) is 0 Å². The quantitative estimate of drug-likeness (QED) is 0.205. The second-order valence-electron chi connectivity index (χ2n) is 19.2. The van der Waals surface area contributed by atoms with Gasteiger partial charge in [0, 0.05) is 23.7 Å². The number of ether oxygens (including phenoxy) is 6. The van der Waals surface area contributed by atoms with Crippen molar-refractivity contribution < 1.29 is 48.2 Å². The summed E-state index contributed by atoms with van der Waals surface area (Å²) in [6, 6.07) is 7.79. The number of carbonyl (C=O) groups excluding carboxylic acids is 2. The highest BCUT2D eigenvalue weighted by Crippen LogP contribution is 2.42. The molecule has 0 amide bonds. The molecule has 2 aromatic carbocycles. The first-order valence-electron chi connectivity index (χ1n) is 19.3. The zero-order valence-corrected chi connectivity index (χ0v) is 35.1. The highest BCUT2D eigenvalue weighted by atomic mass is 16.7. The second-order valence-corrected chi connectivity index (χ2v) is 19.2. The third kappa shape index (κ3) is 10.6. The van der Waals surface area contributed by atoms with Crippen molar-refractivity contribution in [3.63, 3.8) is 0 Å². The van der Waals surface area contributed by atoms with E-state index in [1.807, 2.05) is 72.7 Å². The van der Waals surface area contributed by atoms with Crippen molar-refractivity contribution in [2.24, 2.45) is 16.2 Å². The van der Waals surface area contributed by atoms with Crippen LogP contribution in [0.5, 0.6) is 11.5 Å². The normalized spacial score (nSPS) is 22.6. The first-order valence-corrected chi connectivity index (χ1v) is 19.3. The van der Waals surface area contributed by atoms with Gasteiger partial charge < -0.3 is 38.6 Å². The molecule has 2 saturated heterocycles. The predicted octanol–water partition coefficient (Wildman–Crippen LogP) is 8.13. The summed E-state index contributed by atoms with van der Waals surface area (Å²) in [6.45, 7) is 27.2. The maximum atomic E-state index is 12.8. The molecule has 2 unspecified atom stereocenters. The van der Waals surface area contributed by atoms with E-state index < -0.39 is 28.8 Å². The van der Waals surface area contributed by atoms with Crippen molar-refractivity contribution >= 4 is 11.9 Å². The van der Waals surface area contributed by atoms with Gasteiger partial charge in [0.05, 0.1) is 31.3 Å². The molecule has 2 atom stereocenters. The maximum absolute atomic E-state index is 12.8. The van der Waals surface area contributed by atoms with E-state index in [1.165, 1.54) is 0 Å². The number of esters is 2. The number of hydrogen-bond donors (Lipinski definition) is 2. The molecule has 2 fully saturated rings. The Hall–Kier alpha value is -3.18. The Morgan fingerprint density at radius 2 is 1.04 bits per heavy atom. The van der Waals surface area contributed by atoms with Crippen molar-refractivity contribution in [3.8, 4) is 11.5 Å². The number of benzene rings is 2. The van der Waals surface area contributed by atoms with Gasteiger partial charge in [-0.15, -0.1) is 0 Å². The summed E-state index contributed by atoms with van der Waals surface area (Å²) in [5, 5.41) is 21.1. The minimum atomic E-state index is -0.610. The first kappa shape index (κ1) is 43.5. The average molecular weight is 755 g/mol. The summed E-state index contributed by atoms with van der Waals surface area (Å²) in [4.78, 5) is 25.6. The number of aromatic hydroxyl groups is 2. The van der Waals surface area contributed by atoms with E-state index in [0.29, 0.717) is 44.2 Å². The van der Waals surface area contributed by atoms with Gasteiger partial charge in [-0.2, -0.15) is 0 Å². The van der Waals surface area contributed by atoms with Crippen LogP contribution in [0, 0.1) is 30.1 Å². The molecular formula is C44H66O10. The lowest BCUT2D eigenvalue weighted by Gasteiger charge is -2.51. The molecule has 0 bridgehead atoms. The van der Waals surface area contributed by atoms with E-state index in [0.717, 1.165) is 33.4 Å². The van der Waals surface area contributed by atoms with E-state index in [-0.39, 0.29) is 54.9 Å². The van der Waals surface area contributed by atoms with Gasteiger partial charge in [-0.25, -0.2) is 0 Å². The molecule has 0 saturated carbocycles. The number of phenolic OH excluding ortho intramolecular Hbond substituents is 2. The van der Waals surface area contributed by atoms with Crippen molar-refractivity contribution in [2.75, 3.05) is 33.0 Å². The number of hydrogen-bond acceptors (Lipinski definition) is 10. The molecule has 2 heterocycles. The van der Waals surface area contributed by atoms with E-state index in [9.17, 15) is 19.8 Å². The van der Waals surface area contributed by atoms with Crippen LogP contribution in [-0.4, -0.2) is 73.9 Å². The molecule has 54 heavy (non-hydrogen) atoms. The smallest absolute Gasteiger partial charge is 0.306 e. The third-order valence-corrected chi connectivity index (χ3v) is 10.8. The maximum Gasteiger partial charge on any atom is 0.306 e. The number of phenols is 2. The Labute approximate surface area is 323 Å². The van der Waals surface area contributed by atoms with E-state index in [4.69, 9.17) is 28.4 Å². The molecule has 1 spiro atoms. The fourth-order valence-electron chi connectivity index (χ4n) is 6.93. The average Bonchev–Trinajstić information content (AvgIpc) is 3.07.